The number of hydrogen-bond donors (Lipinski definition) is 1. The molecule has 1 fully saturated rings. The molecule has 0 spiro atoms. The van der Waals surface area contributed by atoms with Crippen LogP contribution in [0.25, 0.3) is 0 Å². The highest BCUT2D eigenvalue weighted by Crippen LogP contribution is 2.25. The second-order valence-corrected chi connectivity index (χ2v) is 6.38. The predicted octanol–water partition coefficient (Wildman–Crippen LogP) is 2.94. The van der Waals surface area contributed by atoms with E-state index >= 15 is 0 Å². The lowest BCUT2D eigenvalue weighted by molar-refractivity contribution is -0.121. The molecule has 0 aromatic carbocycles. The molecule has 1 N–H and O–H groups in total. The molecule has 2 aromatic heterocycles. The Balaban J connectivity index is 1.53. The van der Waals surface area contributed by atoms with Crippen LogP contribution in [0.15, 0.2) is 36.8 Å². The summed E-state index contributed by atoms with van der Waals surface area (Å²) in [6.45, 7) is 3.81. The van der Waals surface area contributed by atoms with Gasteiger partial charge in [0.25, 0.3) is 0 Å². The van der Waals surface area contributed by atoms with E-state index in [9.17, 15) is 4.79 Å². The quantitative estimate of drug-likeness (QED) is 0.922. The zero-order valence-corrected chi connectivity index (χ0v) is 14.3. The van der Waals surface area contributed by atoms with Gasteiger partial charge in [-0.2, -0.15) is 0 Å². The number of amides is 1. The number of piperidine rings is 1. The normalized spacial score (nSPS) is 17.4. The lowest BCUT2D eigenvalue weighted by Gasteiger charge is -2.34. The number of nitrogens with zero attached hydrogens (tertiary/aromatic N) is 4. The summed E-state index contributed by atoms with van der Waals surface area (Å²) in [6.07, 6.45) is 6.69. The minimum Gasteiger partial charge on any atom is -0.310 e. The second kappa shape index (κ2) is 7.68. The fourth-order valence-corrected chi connectivity index (χ4v) is 3.03. The van der Waals surface area contributed by atoms with Crippen LogP contribution in [0.3, 0.4) is 0 Å². The molecule has 1 aliphatic heterocycles. The molecule has 24 heavy (non-hydrogen) atoms. The maximum Gasteiger partial charge on any atom is 0.228 e. The van der Waals surface area contributed by atoms with Gasteiger partial charge in [-0.05, 0) is 51.1 Å². The molecule has 2 aromatic rings. The lowest BCUT2D eigenvalue weighted by Crippen LogP contribution is -2.39. The van der Waals surface area contributed by atoms with Crippen LogP contribution in [0.1, 0.15) is 31.6 Å². The Morgan fingerprint density at radius 3 is 2.58 bits per heavy atom. The number of anilines is 1. The summed E-state index contributed by atoms with van der Waals surface area (Å²) >= 11 is 5.80. The average molecular weight is 346 g/mol. The van der Waals surface area contributed by atoms with Crippen LogP contribution in [0.4, 0.5) is 5.82 Å². The Morgan fingerprint density at radius 1 is 1.25 bits per heavy atom. The van der Waals surface area contributed by atoms with E-state index in [1.807, 2.05) is 6.07 Å². The third-order valence-corrected chi connectivity index (χ3v) is 4.61. The van der Waals surface area contributed by atoms with Crippen LogP contribution < -0.4 is 5.32 Å². The summed E-state index contributed by atoms with van der Waals surface area (Å²) < 4.78 is 0. The summed E-state index contributed by atoms with van der Waals surface area (Å²) in [5, 5.41) is 3.42. The maximum absolute atomic E-state index is 12.4. The number of carbonyl (C=O) groups excluding carboxylic acids is 1. The van der Waals surface area contributed by atoms with Gasteiger partial charge in [0.05, 0.1) is 11.1 Å². The van der Waals surface area contributed by atoms with Gasteiger partial charge < -0.3 is 5.32 Å². The van der Waals surface area contributed by atoms with Gasteiger partial charge in [-0.3, -0.25) is 9.69 Å². The zero-order chi connectivity index (χ0) is 16.9. The number of nitrogens with one attached hydrogen (secondary N) is 1. The molecule has 3 rings (SSSR count). The van der Waals surface area contributed by atoms with Crippen molar-refractivity contribution in [1.29, 1.82) is 0 Å². The summed E-state index contributed by atoms with van der Waals surface area (Å²) in [4.78, 5) is 27.4. The van der Waals surface area contributed by atoms with Crippen molar-refractivity contribution in [3.05, 3.63) is 47.6 Å². The molecule has 3 heterocycles. The highest BCUT2D eigenvalue weighted by molar-refractivity contribution is 6.30. The highest BCUT2D eigenvalue weighted by atomic mass is 35.5. The van der Waals surface area contributed by atoms with Gasteiger partial charge in [-0.15, -0.1) is 0 Å². The van der Waals surface area contributed by atoms with Crippen molar-refractivity contribution in [1.82, 2.24) is 19.9 Å². The minimum absolute atomic E-state index is 0.00243. The molecule has 1 saturated heterocycles. The standard InChI is InChI=1S/C17H20ClN5O/c1-12(16-19-7-2-8-20-16)23-9-5-13(6-10-23)17(24)22-15-4-3-14(18)11-21-15/h2-4,7-8,11-13H,5-6,9-10H2,1H3,(H,21,22,24). The molecule has 0 saturated carbocycles. The summed E-state index contributed by atoms with van der Waals surface area (Å²) in [6, 6.07) is 5.41. The Hall–Kier alpha value is -2.05. The molecule has 126 valence electrons. The van der Waals surface area contributed by atoms with E-state index in [0.29, 0.717) is 10.8 Å². The molecule has 0 bridgehead atoms. The molecule has 1 atom stereocenters. The number of aromatic nitrogens is 3. The van der Waals surface area contributed by atoms with Crippen LogP contribution in [0.5, 0.6) is 0 Å². The van der Waals surface area contributed by atoms with Crippen LogP contribution in [-0.2, 0) is 4.79 Å². The van der Waals surface area contributed by atoms with Gasteiger partial charge >= 0.3 is 0 Å². The molecule has 7 heteroatoms. The Kier molecular flexibility index (Phi) is 5.37. The van der Waals surface area contributed by atoms with E-state index in [-0.39, 0.29) is 17.9 Å². The van der Waals surface area contributed by atoms with E-state index in [4.69, 9.17) is 11.6 Å². The molecule has 6 nitrogen and oxygen atoms in total. The second-order valence-electron chi connectivity index (χ2n) is 5.94. The van der Waals surface area contributed by atoms with Gasteiger partial charge in [0.1, 0.15) is 11.6 Å². The fourth-order valence-electron chi connectivity index (χ4n) is 2.92. The van der Waals surface area contributed by atoms with Crippen LogP contribution in [0.2, 0.25) is 5.02 Å². The first-order chi connectivity index (χ1) is 11.6. The van der Waals surface area contributed by atoms with E-state index in [1.54, 1.807) is 24.5 Å². The van der Waals surface area contributed by atoms with Gasteiger partial charge in [-0.1, -0.05) is 11.6 Å². The molecule has 0 aliphatic carbocycles. The third kappa shape index (κ3) is 4.07. The van der Waals surface area contributed by atoms with Crippen LogP contribution in [-0.4, -0.2) is 38.8 Å². The van der Waals surface area contributed by atoms with Gasteiger partial charge in [0.15, 0.2) is 0 Å². The Morgan fingerprint density at radius 2 is 1.96 bits per heavy atom. The predicted molar refractivity (Wildman–Crippen MR) is 92.6 cm³/mol. The smallest absolute Gasteiger partial charge is 0.228 e. The zero-order valence-electron chi connectivity index (χ0n) is 13.5. The van der Waals surface area contributed by atoms with Gasteiger partial charge in [0, 0.05) is 24.5 Å². The number of pyridine rings is 1. The van der Waals surface area contributed by atoms with Crippen molar-refractivity contribution in [2.24, 2.45) is 5.92 Å². The molecule has 1 aliphatic rings. The van der Waals surface area contributed by atoms with Crippen molar-refractivity contribution >= 4 is 23.3 Å². The number of likely N-dealkylation sites (tertiary alicyclic amines) is 1. The molecular weight excluding hydrogens is 326 g/mol. The van der Waals surface area contributed by atoms with E-state index < -0.39 is 0 Å². The highest BCUT2D eigenvalue weighted by Gasteiger charge is 2.28. The van der Waals surface area contributed by atoms with Crippen molar-refractivity contribution in [2.45, 2.75) is 25.8 Å². The number of hydrogen-bond acceptors (Lipinski definition) is 5. The summed E-state index contributed by atoms with van der Waals surface area (Å²) in [5.41, 5.74) is 0. The van der Waals surface area contributed by atoms with Gasteiger partial charge in [-0.25, -0.2) is 15.0 Å². The summed E-state index contributed by atoms with van der Waals surface area (Å²) in [7, 11) is 0. The number of carbonyl (C=O) groups is 1. The topological polar surface area (TPSA) is 71.0 Å². The third-order valence-electron chi connectivity index (χ3n) is 4.39. The molecular formula is C17H20ClN5O. The molecule has 0 radical (unpaired) electrons. The van der Waals surface area contributed by atoms with Crippen molar-refractivity contribution in [3.8, 4) is 0 Å². The first-order valence-corrected chi connectivity index (χ1v) is 8.44. The van der Waals surface area contributed by atoms with Crippen LogP contribution >= 0.6 is 11.6 Å². The first-order valence-electron chi connectivity index (χ1n) is 8.07. The van der Waals surface area contributed by atoms with Crippen LogP contribution in [0, 0.1) is 5.92 Å². The van der Waals surface area contributed by atoms with Crippen molar-refractivity contribution < 1.29 is 4.79 Å². The SMILES string of the molecule is CC(c1ncccn1)N1CCC(C(=O)Nc2ccc(Cl)cn2)CC1. The van der Waals surface area contributed by atoms with Crippen molar-refractivity contribution in [3.63, 3.8) is 0 Å². The minimum atomic E-state index is 0.00243. The van der Waals surface area contributed by atoms with E-state index in [0.717, 1.165) is 31.8 Å². The maximum atomic E-state index is 12.4. The monoisotopic (exact) mass is 345 g/mol. The number of halogens is 1. The first kappa shape index (κ1) is 16.8. The van der Waals surface area contributed by atoms with Gasteiger partial charge in [0.2, 0.25) is 5.91 Å². The van der Waals surface area contributed by atoms with E-state index in [2.05, 4.69) is 32.1 Å². The summed E-state index contributed by atoms with van der Waals surface area (Å²) in [5.74, 6) is 1.39. The lowest BCUT2D eigenvalue weighted by atomic mass is 9.95. The largest absolute Gasteiger partial charge is 0.310 e. The van der Waals surface area contributed by atoms with E-state index in [1.165, 1.54) is 6.20 Å². The molecule has 1 amide bonds. The number of rotatable bonds is 4. The Bertz CT molecular complexity index is 671. The van der Waals surface area contributed by atoms with Crippen molar-refractivity contribution in [2.75, 3.05) is 18.4 Å². The fraction of sp³-hybridized carbons (Fsp3) is 0.412. The average Bonchev–Trinajstić information content (AvgIpc) is 2.64. The Labute approximate surface area is 146 Å². The molecule has 1 unspecified atom stereocenters.